The van der Waals surface area contributed by atoms with E-state index < -0.39 is 0 Å². The summed E-state index contributed by atoms with van der Waals surface area (Å²) in [5.41, 5.74) is 0. The van der Waals surface area contributed by atoms with Crippen LogP contribution in [0.5, 0.6) is 0 Å². The first-order valence-corrected chi connectivity index (χ1v) is 2.83. The number of rotatable bonds is 1. The molecule has 0 saturated heterocycles. The summed E-state index contributed by atoms with van der Waals surface area (Å²) < 4.78 is 0. The average molecular weight is 166 g/mol. The quantitative estimate of drug-likeness (QED) is 0.399. The van der Waals surface area contributed by atoms with Gasteiger partial charge in [-0.1, -0.05) is 0 Å². The van der Waals surface area contributed by atoms with Crippen molar-refractivity contribution in [3.63, 3.8) is 0 Å². The van der Waals surface area contributed by atoms with Crippen molar-refractivity contribution < 1.29 is 9.61 Å². The van der Waals surface area contributed by atoms with Crippen molar-refractivity contribution in [3.05, 3.63) is 0 Å². The Bertz CT molecular complexity index is 288. The van der Waals surface area contributed by atoms with Crippen molar-refractivity contribution in [2.45, 2.75) is 0 Å². The maximum absolute atomic E-state index is 3.53. The highest BCUT2D eigenvalue weighted by atomic mass is 15.8. The van der Waals surface area contributed by atoms with Crippen LogP contribution < -0.4 is 0 Å². The minimum atomic E-state index is 1.07. The molecular formula is C2H2N10+2. The van der Waals surface area contributed by atoms with Crippen molar-refractivity contribution in [1.82, 2.24) is 0 Å². The molecule has 12 heavy (non-hydrogen) atoms. The fourth-order valence-corrected chi connectivity index (χ4v) is 0.477. The third-order valence-corrected chi connectivity index (χ3v) is 0.900. The van der Waals surface area contributed by atoms with E-state index in [1.165, 1.54) is 12.7 Å². The molecule has 0 aromatic carbocycles. The van der Waals surface area contributed by atoms with E-state index in [0.717, 1.165) is 9.61 Å². The smallest absolute Gasteiger partial charge is 0.0456 e. The van der Waals surface area contributed by atoms with Gasteiger partial charge in [0.15, 0.2) is 10.4 Å². The van der Waals surface area contributed by atoms with Crippen LogP contribution in [0.3, 0.4) is 0 Å². The molecule has 0 amide bonds. The monoisotopic (exact) mass is 166 g/mol. The van der Waals surface area contributed by atoms with Gasteiger partial charge in [-0.15, -0.1) is 0 Å². The van der Waals surface area contributed by atoms with Gasteiger partial charge in [-0.05, 0) is 0 Å². The lowest BCUT2D eigenvalue weighted by molar-refractivity contribution is -0.533. The zero-order valence-corrected chi connectivity index (χ0v) is 5.63. The molecule has 10 nitrogen and oxygen atoms in total. The predicted molar refractivity (Wildman–Crippen MR) is 32.1 cm³/mol. The summed E-state index contributed by atoms with van der Waals surface area (Å²) in [6.07, 6.45) is 2.57. The molecule has 2 aliphatic heterocycles. The molecule has 0 saturated carbocycles. The second-order valence-electron chi connectivity index (χ2n) is 1.64. The van der Waals surface area contributed by atoms with E-state index in [-0.39, 0.29) is 0 Å². The van der Waals surface area contributed by atoms with E-state index in [4.69, 9.17) is 0 Å². The summed E-state index contributed by atoms with van der Waals surface area (Å²) >= 11 is 0. The maximum atomic E-state index is 3.53. The summed E-state index contributed by atoms with van der Waals surface area (Å²) in [5, 5.41) is 27.3. The lowest BCUT2D eigenvalue weighted by Crippen LogP contribution is -1.95. The van der Waals surface area contributed by atoms with Gasteiger partial charge in [0.1, 0.15) is 10.4 Å². The van der Waals surface area contributed by atoms with Crippen LogP contribution in [-0.2, 0) is 0 Å². The van der Waals surface area contributed by atoms with E-state index in [1.54, 1.807) is 0 Å². The Kier molecular flexibility index (Phi) is 1.49. The Labute approximate surface area is 64.9 Å². The van der Waals surface area contributed by atoms with Crippen LogP contribution in [0.2, 0.25) is 0 Å². The van der Waals surface area contributed by atoms with Gasteiger partial charge in [-0.3, -0.25) is 0 Å². The van der Waals surface area contributed by atoms with Crippen molar-refractivity contribution in [2.24, 2.45) is 41.5 Å². The number of hydrogen-bond donors (Lipinski definition) is 0. The second-order valence-corrected chi connectivity index (χ2v) is 1.64. The molecule has 0 aromatic heterocycles. The lowest BCUT2D eigenvalue weighted by atomic mass is 11.3. The van der Waals surface area contributed by atoms with Gasteiger partial charge in [0, 0.05) is 9.61 Å². The molecule has 0 fully saturated rings. The van der Waals surface area contributed by atoms with E-state index >= 15 is 0 Å². The number of nitrogens with zero attached hydrogens (tertiary/aromatic N) is 10. The summed E-state index contributed by atoms with van der Waals surface area (Å²) in [4.78, 5) is 2.14. The van der Waals surface area contributed by atoms with Crippen LogP contribution in [0, 0.1) is 0 Å². The first-order chi connectivity index (χ1) is 5.95. The van der Waals surface area contributed by atoms with E-state index in [0.29, 0.717) is 0 Å². The summed E-state index contributed by atoms with van der Waals surface area (Å²) in [7, 11) is 0. The molecule has 0 bridgehead atoms. The summed E-state index contributed by atoms with van der Waals surface area (Å²) in [6, 6.07) is 0. The Morgan fingerprint density at radius 2 is 1.33 bits per heavy atom. The van der Waals surface area contributed by atoms with E-state index in [2.05, 4.69) is 41.5 Å². The molecule has 2 rings (SSSR count). The largest absolute Gasteiger partial charge is 0.293 e. The van der Waals surface area contributed by atoms with Gasteiger partial charge in [0.2, 0.25) is 10.4 Å². The summed E-state index contributed by atoms with van der Waals surface area (Å²) in [5.74, 6) is 0. The molecule has 0 aromatic rings. The normalized spacial score (nSPS) is 25.3. The third kappa shape index (κ3) is 1.25. The molecule has 0 aliphatic carbocycles. The predicted octanol–water partition coefficient (Wildman–Crippen LogP) is 0.479. The minimum Gasteiger partial charge on any atom is 0.0456 e. The van der Waals surface area contributed by atoms with Gasteiger partial charge in [0.05, 0.1) is 10.2 Å². The molecule has 0 radical (unpaired) electrons. The molecule has 0 atom stereocenters. The van der Waals surface area contributed by atoms with Gasteiger partial charge >= 0.3 is 0 Å². The van der Waals surface area contributed by atoms with Gasteiger partial charge in [-0.25, -0.2) is 0 Å². The molecule has 58 valence electrons. The third-order valence-electron chi connectivity index (χ3n) is 0.900. The van der Waals surface area contributed by atoms with Crippen LogP contribution in [-0.4, -0.2) is 22.3 Å². The molecule has 0 spiro atoms. The van der Waals surface area contributed by atoms with E-state index in [1.807, 2.05) is 0 Å². The maximum Gasteiger partial charge on any atom is 0.293 e. The first kappa shape index (κ1) is 6.45. The Balaban J connectivity index is 2.14. The van der Waals surface area contributed by atoms with Crippen LogP contribution in [0.4, 0.5) is 0 Å². The van der Waals surface area contributed by atoms with Crippen LogP contribution >= 0.6 is 0 Å². The zero-order valence-electron chi connectivity index (χ0n) is 5.63. The van der Waals surface area contributed by atoms with Crippen molar-refractivity contribution in [3.8, 4) is 0 Å². The molecule has 0 N–H and O–H groups in total. The molecule has 2 aliphatic rings. The topological polar surface area (TPSA) is 105 Å². The highest BCUT2D eigenvalue weighted by Crippen LogP contribution is 1.93. The molecule has 0 unspecified atom stereocenters. The highest BCUT2D eigenvalue weighted by Gasteiger charge is 2.09. The SMILES string of the molecule is C1=NN=N[N+]1=NN=[N+]1C=NN=N1. The van der Waals surface area contributed by atoms with Crippen LogP contribution in [0.25, 0.3) is 0 Å². The summed E-state index contributed by atoms with van der Waals surface area (Å²) in [6.45, 7) is 0. The molecule has 10 heteroatoms. The van der Waals surface area contributed by atoms with Gasteiger partial charge < -0.3 is 0 Å². The first-order valence-electron chi connectivity index (χ1n) is 2.83. The van der Waals surface area contributed by atoms with Crippen LogP contribution in [0.1, 0.15) is 0 Å². The average Bonchev–Trinajstić information content (AvgIpc) is 2.74. The number of hydrogen-bond acceptors (Lipinski definition) is 4. The minimum absolute atomic E-state index is 1.07. The Morgan fingerprint density at radius 3 is 1.67 bits per heavy atom. The standard InChI is InChI=1S/C2H2N10/c1-3-5-7-11(1)9-10-12-2-4-6-8-12/h1-2H/q+2. The Hall–Kier alpha value is -2.26. The van der Waals surface area contributed by atoms with E-state index in [9.17, 15) is 0 Å². The van der Waals surface area contributed by atoms with Crippen molar-refractivity contribution in [2.75, 3.05) is 0 Å². The molecule has 2 heterocycles. The zero-order chi connectivity index (χ0) is 8.23. The van der Waals surface area contributed by atoms with Crippen molar-refractivity contribution >= 4 is 12.7 Å². The molecular weight excluding hydrogens is 164 g/mol. The second kappa shape index (κ2) is 2.77. The van der Waals surface area contributed by atoms with Crippen molar-refractivity contribution in [1.29, 1.82) is 0 Å². The van der Waals surface area contributed by atoms with Gasteiger partial charge in [0.25, 0.3) is 12.7 Å². The van der Waals surface area contributed by atoms with Crippen LogP contribution in [0.15, 0.2) is 41.5 Å². The fraction of sp³-hybridized carbons (Fsp3) is 0. The Morgan fingerprint density at radius 1 is 0.833 bits per heavy atom. The fourth-order valence-electron chi connectivity index (χ4n) is 0.477. The van der Waals surface area contributed by atoms with Gasteiger partial charge in [-0.2, -0.15) is 0 Å². The lowest BCUT2D eigenvalue weighted by Gasteiger charge is -1.69. The highest BCUT2D eigenvalue weighted by molar-refractivity contribution is 5.43.